The van der Waals surface area contributed by atoms with Gasteiger partial charge in [0.15, 0.2) is 5.79 Å². The van der Waals surface area contributed by atoms with E-state index in [1.807, 2.05) is 13.8 Å². The lowest BCUT2D eigenvalue weighted by Gasteiger charge is -2.29. The van der Waals surface area contributed by atoms with Crippen molar-refractivity contribution in [1.82, 2.24) is 0 Å². The highest BCUT2D eigenvalue weighted by Crippen LogP contribution is 2.48. The Balaban J connectivity index is 1.92. The van der Waals surface area contributed by atoms with E-state index in [4.69, 9.17) is 18.9 Å². The van der Waals surface area contributed by atoms with Crippen LogP contribution in [0.3, 0.4) is 0 Å². The first-order valence-electron chi connectivity index (χ1n) is 4.85. The summed E-state index contributed by atoms with van der Waals surface area (Å²) in [6.07, 6.45) is -0.513. The summed E-state index contributed by atoms with van der Waals surface area (Å²) < 4.78 is 22.3. The van der Waals surface area contributed by atoms with Crippen LogP contribution in [0.1, 0.15) is 13.8 Å². The standard InChI is InChI=1S/C9H14O5/c1-8(2)13-6-5-3-11-9(4-10,12-5)7(6)14-8/h5-7,10H,3-4H2,1-2H3/t5-,6-,7-,9-/m1/s1. The first-order chi connectivity index (χ1) is 6.56. The van der Waals surface area contributed by atoms with Crippen LogP contribution in [0.15, 0.2) is 0 Å². The topological polar surface area (TPSA) is 57.2 Å². The fourth-order valence-electron chi connectivity index (χ4n) is 2.43. The van der Waals surface area contributed by atoms with Gasteiger partial charge in [-0.1, -0.05) is 0 Å². The van der Waals surface area contributed by atoms with E-state index in [0.717, 1.165) is 0 Å². The summed E-state index contributed by atoms with van der Waals surface area (Å²) in [6, 6.07) is 0. The molecule has 5 heteroatoms. The fourth-order valence-corrected chi connectivity index (χ4v) is 2.43. The summed E-state index contributed by atoms with van der Waals surface area (Å²) in [5.41, 5.74) is 0. The number of hydrogen-bond donors (Lipinski definition) is 1. The largest absolute Gasteiger partial charge is 0.391 e. The van der Waals surface area contributed by atoms with Crippen LogP contribution in [-0.2, 0) is 18.9 Å². The van der Waals surface area contributed by atoms with Crippen molar-refractivity contribution < 1.29 is 24.1 Å². The van der Waals surface area contributed by atoms with Crippen molar-refractivity contribution in [2.24, 2.45) is 0 Å². The maximum absolute atomic E-state index is 9.27. The predicted molar refractivity (Wildman–Crippen MR) is 44.5 cm³/mol. The number of ether oxygens (including phenoxy) is 4. The summed E-state index contributed by atoms with van der Waals surface area (Å²) in [5.74, 6) is -1.59. The molecule has 14 heavy (non-hydrogen) atoms. The Morgan fingerprint density at radius 2 is 2.07 bits per heavy atom. The van der Waals surface area contributed by atoms with Crippen LogP contribution in [0.25, 0.3) is 0 Å². The van der Waals surface area contributed by atoms with Gasteiger partial charge in [-0.15, -0.1) is 0 Å². The Morgan fingerprint density at radius 1 is 1.29 bits per heavy atom. The average molecular weight is 202 g/mol. The van der Waals surface area contributed by atoms with E-state index in [2.05, 4.69) is 0 Å². The molecule has 0 radical (unpaired) electrons. The molecule has 3 fully saturated rings. The van der Waals surface area contributed by atoms with Crippen molar-refractivity contribution in [2.75, 3.05) is 13.2 Å². The van der Waals surface area contributed by atoms with E-state index in [0.29, 0.717) is 6.61 Å². The Hall–Kier alpha value is -0.200. The van der Waals surface area contributed by atoms with Gasteiger partial charge >= 0.3 is 0 Å². The Bertz CT molecular complexity index is 266. The van der Waals surface area contributed by atoms with Gasteiger partial charge in [-0.2, -0.15) is 0 Å². The third-order valence-corrected chi connectivity index (χ3v) is 2.99. The van der Waals surface area contributed by atoms with Gasteiger partial charge in [0, 0.05) is 0 Å². The van der Waals surface area contributed by atoms with Crippen molar-refractivity contribution in [3.05, 3.63) is 0 Å². The highest BCUT2D eigenvalue weighted by atomic mass is 16.8. The zero-order valence-electron chi connectivity index (χ0n) is 8.23. The zero-order valence-corrected chi connectivity index (χ0v) is 8.23. The van der Waals surface area contributed by atoms with Crippen molar-refractivity contribution in [1.29, 1.82) is 0 Å². The van der Waals surface area contributed by atoms with Crippen molar-refractivity contribution in [3.8, 4) is 0 Å². The quantitative estimate of drug-likeness (QED) is 0.628. The second-order valence-corrected chi connectivity index (χ2v) is 4.46. The maximum Gasteiger partial charge on any atom is 0.222 e. The van der Waals surface area contributed by atoms with Crippen LogP contribution in [0.4, 0.5) is 0 Å². The van der Waals surface area contributed by atoms with Crippen molar-refractivity contribution in [3.63, 3.8) is 0 Å². The normalized spacial score (nSPS) is 53.8. The monoisotopic (exact) mass is 202 g/mol. The first kappa shape index (κ1) is 9.06. The molecule has 3 aliphatic rings. The molecule has 0 saturated carbocycles. The van der Waals surface area contributed by atoms with Gasteiger partial charge in [-0.25, -0.2) is 0 Å². The van der Waals surface area contributed by atoms with Crippen LogP contribution in [-0.4, -0.2) is 48.2 Å². The molecule has 3 saturated heterocycles. The Labute approximate surface area is 81.9 Å². The number of aliphatic hydroxyl groups excluding tert-OH is 1. The maximum atomic E-state index is 9.27. The molecule has 3 rings (SSSR count). The molecule has 0 unspecified atom stereocenters. The SMILES string of the molecule is CC1(C)O[C@H]2[C@@H](O1)[C@]1(CO)OC[C@H]2O1. The molecular weight excluding hydrogens is 188 g/mol. The lowest BCUT2D eigenvalue weighted by atomic mass is 10.0. The minimum Gasteiger partial charge on any atom is -0.391 e. The van der Waals surface area contributed by atoms with Crippen LogP contribution in [0.2, 0.25) is 0 Å². The first-order valence-corrected chi connectivity index (χ1v) is 4.85. The number of hydrogen-bond acceptors (Lipinski definition) is 5. The summed E-state index contributed by atoms with van der Waals surface area (Å²) in [4.78, 5) is 0. The van der Waals surface area contributed by atoms with Crippen molar-refractivity contribution >= 4 is 0 Å². The lowest BCUT2D eigenvalue weighted by molar-refractivity contribution is -0.253. The molecule has 0 aromatic heterocycles. The smallest absolute Gasteiger partial charge is 0.222 e. The lowest BCUT2D eigenvalue weighted by Crippen LogP contribution is -2.49. The summed E-state index contributed by atoms with van der Waals surface area (Å²) in [6.45, 7) is 4.00. The van der Waals surface area contributed by atoms with Crippen molar-refractivity contribution in [2.45, 2.75) is 43.7 Å². The van der Waals surface area contributed by atoms with Gasteiger partial charge in [-0.05, 0) is 13.8 Å². The minimum absolute atomic E-state index is 0.103. The molecule has 4 atom stereocenters. The highest BCUT2D eigenvalue weighted by Gasteiger charge is 2.67. The molecule has 0 aromatic carbocycles. The molecule has 0 amide bonds. The molecule has 5 nitrogen and oxygen atoms in total. The Kier molecular flexibility index (Phi) is 1.61. The molecule has 1 N–H and O–H groups in total. The van der Waals surface area contributed by atoms with Gasteiger partial charge in [0.1, 0.15) is 24.9 Å². The van der Waals surface area contributed by atoms with Crippen LogP contribution in [0, 0.1) is 0 Å². The van der Waals surface area contributed by atoms with Crippen LogP contribution in [0.5, 0.6) is 0 Å². The molecular formula is C9H14O5. The second kappa shape index (κ2) is 2.48. The molecule has 2 bridgehead atoms. The third kappa shape index (κ3) is 0.963. The second-order valence-electron chi connectivity index (χ2n) is 4.46. The van der Waals surface area contributed by atoms with Gasteiger partial charge in [0.05, 0.1) is 6.61 Å². The van der Waals surface area contributed by atoms with Gasteiger partial charge < -0.3 is 24.1 Å². The fraction of sp³-hybridized carbons (Fsp3) is 1.00. The molecule has 3 aliphatic heterocycles. The van der Waals surface area contributed by atoms with E-state index in [1.54, 1.807) is 0 Å². The molecule has 80 valence electrons. The van der Waals surface area contributed by atoms with E-state index >= 15 is 0 Å². The predicted octanol–water partition coefficient (Wildman–Crippen LogP) is -0.376. The minimum atomic E-state index is -0.983. The zero-order chi connectivity index (χ0) is 9.97. The average Bonchev–Trinajstić information content (AvgIpc) is 2.71. The highest BCUT2D eigenvalue weighted by molar-refractivity contribution is 5.06. The molecule has 0 aliphatic carbocycles. The van der Waals surface area contributed by atoms with E-state index < -0.39 is 11.6 Å². The summed E-state index contributed by atoms with van der Waals surface area (Å²) in [5, 5.41) is 9.27. The van der Waals surface area contributed by atoms with Gasteiger partial charge in [0.2, 0.25) is 5.79 Å². The third-order valence-electron chi connectivity index (χ3n) is 2.99. The number of rotatable bonds is 1. The van der Waals surface area contributed by atoms with Gasteiger partial charge in [0.25, 0.3) is 0 Å². The molecule has 0 aromatic rings. The Morgan fingerprint density at radius 3 is 2.79 bits per heavy atom. The number of aliphatic hydroxyl groups is 1. The van der Waals surface area contributed by atoms with Crippen LogP contribution >= 0.6 is 0 Å². The van der Waals surface area contributed by atoms with Gasteiger partial charge in [-0.3, -0.25) is 0 Å². The molecule has 3 heterocycles. The van der Waals surface area contributed by atoms with E-state index in [-0.39, 0.29) is 24.9 Å². The summed E-state index contributed by atoms with van der Waals surface area (Å²) in [7, 11) is 0. The summed E-state index contributed by atoms with van der Waals surface area (Å²) >= 11 is 0. The van der Waals surface area contributed by atoms with Crippen LogP contribution < -0.4 is 0 Å². The molecule has 0 spiro atoms. The van der Waals surface area contributed by atoms with E-state index in [9.17, 15) is 5.11 Å². The number of fused-ring (bicyclic) bond motifs is 5. The van der Waals surface area contributed by atoms with E-state index in [1.165, 1.54) is 0 Å².